The third-order valence-corrected chi connectivity index (χ3v) is 4.85. The number of hydrogen-bond donors (Lipinski definition) is 2. The summed E-state index contributed by atoms with van der Waals surface area (Å²) >= 11 is 0. The van der Waals surface area contributed by atoms with Crippen LogP contribution in [0.15, 0.2) is 0 Å². The molecule has 1 aliphatic carbocycles. The maximum Gasteiger partial charge on any atom is 0.317 e. The lowest BCUT2D eigenvalue weighted by atomic mass is 9.79. The number of aliphatic carboxylic acids is 1. The van der Waals surface area contributed by atoms with Crippen molar-refractivity contribution in [2.75, 3.05) is 27.2 Å². The van der Waals surface area contributed by atoms with Crippen LogP contribution in [0, 0.1) is 0 Å². The quantitative estimate of drug-likeness (QED) is 0.825. The number of nitrogens with zero attached hydrogens (tertiary/aromatic N) is 2. The van der Waals surface area contributed by atoms with E-state index in [9.17, 15) is 9.59 Å². The number of amides is 2. The molecule has 2 N–H and O–H groups in total. The number of carbonyl (C=O) groups excluding carboxylic acids is 1. The molecule has 2 aliphatic rings. The first kappa shape index (κ1) is 16.1. The van der Waals surface area contributed by atoms with Crippen LogP contribution in [-0.4, -0.2) is 65.7 Å². The van der Waals surface area contributed by atoms with E-state index in [-0.39, 0.29) is 12.5 Å². The first-order valence-corrected chi connectivity index (χ1v) is 7.87. The Balaban J connectivity index is 1.97. The average molecular weight is 297 g/mol. The molecule has 0 aromatic carbocycles. The van der Waals surface area contributed by atoms with E-state index in [1.807, 2.05) is 19.0 Å². The van der Waals surface area contributed by atoms with Crippen LogP contribution in [0.2, 0.25) is 0 Å². The van der Waals surface area contributed by atoms with Crippen LogP contribution in [0.5, 0.6) is 0 Å². The van der Waals surface area contributed by atoms with Crippen LogP contribution in [-0.2, 0) is 4.79 Å². The first-order chi connectivity index (χ1) is 9.92. The normalized spacial score (nSPS) is 25.1. The van der Waals surface area contributed by atoms with Gasteiger partial charge in [0.1, 0.15) is 0 Å². The van der Waals surface area contributed by atoms with Gasteiger partial charge in [0.25, 0.3) is 0 Å². The van der Waals surface area contributed by atoms with Gasteiger partial charge in [-0.2, -0.15) is 0 Å². The van der Waals surface area contributed by atoms with E-state index in [0.717, 1.165) is 51.6 Å². The molecule has 1 unspecified atom stereocenters. The van der Waals surface area contributed by atoms with Gasteiger partial charge in [0.2, 0.25) is 0 Å². The summed E-state index contributed by atoms with van der Waals surface area (Å²) < 4.78 is 0. The lowest BCUT2D eigenvalue weighted by Gasteiger charge is -2.38. The van der Waals surface area contributed by atoms with E-state index in [4.69, 9.17) is 5.11 Å². The molecule has 0 aromatic heterocycles. The zero-order valence-electron chi connectivity index (χ0n) is 13.1. The highest BCUT2D eigenvalue weighted by Crippen LogP contribution is 2.31. The summed E-state index contributed by atoms with van der Waals surface area (Å²) in [5.74, 6) is -0.829. The van der Waals surface area contributed by atoms with E-state index in [1.54, 1.807) is 0 Å². The first-order valence-electron chi connectivity index (χ1n) is 7.87. The minimum absolute atomic E-state index is 0.0314. The van der Waals surface area contributed by atoms with Gasteiger partial charge in [-0.15, -0.1) is 0 Å². The van der Waals surface area contributed by atoms with Gasteiger partial charge in [0, 0.05) is 19.1 Å². The van der Waals surface area contributed by atoms with E-state index < -0.39 is 11.5 Å². The standard InChI is InChI=1S/C15H27N3O3/c1-17(2)12-6-9-18(11-12)14(21)16-15(10-13(19)20)7-4-3-5-8-15/h12H,3-11H2,1-2H3,(H,16,21)(H,19,20). The SMILES string of the molecule is CN(C)C1CCN(C(=O)NC2(CC(=O)O)CCCCC2)C1. The minimum Gasteiger partial charge on any atom is -0.481 e. The fourth-order valence-corrected chi connectivity index (χ4v) is 3.52. The predicted molar refractivity (Wildman–Crippen MR) is 80.3 cm³/mol. The molecule has 1 atom stereocenters. The van der Waals surface area contributed by atoms with E-state index in [2.05, 4.69) is 10.2 Å². The Morgan fingerprint density at radius 3 is 2.48 bits per heavy atom. The lowest BCUT2D eigenvalue weighted by molar-refractivity contribution is -0.139. The largest absolute Gasteiger partial charge is 0.481 e. The fraction of sp³-hybridized carbons (Fsp3) is 0.867. The Morgan fingerprint density at radius 2 is 1.95 bits per heavy atom. The van der Waals surface area contributed by atoms with Crippen LogP contribution in [0.1, 0.15) is 44.9 Å². The highest BCUT2D eigenvalue weighted by molar-refractivity contribution is 5.77. The molecule has 0 spiro atoms. The summed E-state index contributed by atoms with van der Waals surface area (Å²) in [5, 5.41) is 12.2. The second-order valence-electron chi connectivity index (χ2n) is 6.69. The van der Waals surface area contributed by atoms with Gasteiger partial charge in [0.05, 0.1) is 12.0 Å². The number of carbonyl (C=O) groups is 2. The van der Waals surface area contributed by atoms with Gasteiger partial charge in [-0.25, -0.2) is 4.79 Å². The van der Waals surface area contributed by atoms with Crippen molar-refractivity contribution < 1.29 is 14.7 Å². The predicted octanol–water partition coefficient (Wildman–Crippen LogP) is 1.51. The molecule has 0 radical (unpaired) electrons. The summed E-state index contributed by atoms with van der Waals surface area (Å²) in [6.07, 6.45) is 5.67. The third kappa shape index (κ3) is 4.09. The lowest BCUT2D eigenvalue weighted by Crippen LogP contribution is -2.55. The molecule has 0 aromatic rings. The molecule has 1 saturated carbocycles. The molecule has 6 heteroatoms. The molecule has 2 amide bonds. The monoisotopic (exact) mass is 297 g/mol. The summed E-state index contributed by atoms with van der Waals surface area (Å²) in [7, 11) is 4.05. The van der Waals surface area contributed by atoms with Crippen molar-refractivity contribution in [1.29, 1.82) is 0 Å². The molecule has 1 saturated heterocycles. The molecule has 2 rings (SSSR count). The molecule has 1 aliphatic heterocycles. The van der Waals surface area contributed by atoms with Crippen molar-refractivity contribution in [3.8, 4) is 0 Å². The molecule has 0 bridgehead atoms. The molecular formula is C15H27N3O3. The third-order valence-electron chi connectivity index (χ3n) is 4.85. The van der Waals surface area contributed by atoms with E-state index in [1.165, 1.54) is 0 Å². The number of carboxylic acid groups (broad SMARTS) is 1. The van der Waals surface area contributed by atoms with E-state index >= 15 is 0 Å². The van der Waals surface area contributed by atoms with Crippen molar-refractivity contribution in [2.45, 2.75) is 56.5 Å². The smallest absolute Gasteiger partial charge is 0.317 e. The topological polar surface area (TPSA) is 72.9 Å². The summed E-state index contributed by atoms with van der Waals surface area (Å²) in [6.45, 7) is 1.47. The van der Waals surface area contributed by atoms with Crippen molar-refractivity contribution in [2.24, 2.45) is 0 Å². The highest BCUT2D eigenvalue weighted by Gasteiger charge is 2.38. The van der Waals surface area contributed by atoms with E-state index in [0.29, 0.717) is 6.04 Å². The second kappa shape index (κ2) is 6.64. The van der Waals surface area contributed by atoms with Crippen molar-refractivity contribution in [1.82, 2.24) is 15.1 Å². The molecule has 21 heavy (non-hydrogen) atoms. The second-order valence-corrected chi connectivity index (χ2v) is 6.69. The molecule has 2 fully saturated rings. The number of urea groups is 1. The molecule has 1 heterocycles. The van der Waals surface area contributed by atoms with Crippen molar-refractivity contribution >= 4 is 12.0 Å². The number of hydrogen-bond acceptors (Lipinski definition) is 3. The number of rotatable bonds is 4. The number of carboxylic acids is 1. The zero-order chi connectivity index (χ0) is 15.5. The summed E-state index contributed by atoms with van der Waals surface area (Å²) in [4.78, 5) is 27.6. The number of nitrogens with one attached hydrogen (secondary N) is 1. The minimum atomic E-state index is -0.829. The number of likely N-dealkylation sites (tertiary alicyclic amines) is 1. The summed E-state index contributed by atoms with van der Waals surface area (Å²) in [6, 6.07) is 0.306. The average Bonchev–Trinajstić information content (AvgIpc) is 2.88. The Hall–Kier alpha value is -1.30. The molecule has 6 nitrogen and oxygen atoms in total. The zero-order valence-corrected chi connectivity index (χ0v) is 13.1. The highest BCUT2D eigenvalue weighted by atomic mass is 16.4. The van der Waals surface area contributed by atoms with Crippen LogP contribution in [0.4, 0.5) is 4.79 Å². The number of likely N-dealkylation sites (N-methyl/N-ethyl adjacent to an activating group) is 1. The van der Waals surface area contributed by atoms with Crippen LogP contribution < -0.4 is 5.32 Å². The van der Waals surface area contributed by atoms with Crippen molar-refractivity contribution in [3.05, 3.63) is 0 Å². The van der Waals surface area contributed by atoms with Crippen LogP contribution in [0.3, 0.4) is 0 Å². The van der Waals surface area contributed by atoms with Gasteiger partial charge in [-0.3, -0.25) is 4.79 Å². The van der Waals surface area contributed by atoms with Crippen molar-refractivity contribution in [3.63, 3.8) is 0 Å². The van der Waals surface area contributed by atoms with Gasteiger partial charge < -0.3 is 20.2 Å². The Labute approximate surface area is 126 Å². The molecule has 120 valence electrons. The summed E-state index contributed by atoms with van der Waals surface area (Å²) in [5.41, 5.74) is -0.544. The maximum atomic E-state index is 12.5. The fourth-order valence-electron chi connectivity index (χ4n) is 3.52. The van der Waals surface area contributed by atoms with Gasteiger partial charge >= 0.3 is 12.0 Å². The van der Waals surface area contributed by atoms with Gasteiger partial charge in [-0.1, -0.05) is 19.3 Å². The Bertz CT molecular complexity index is 392. The molecular weight excluding hydrogens is 270 g/mol. The maximum absolute atomic E-state index is 12.5. The van der Waals surface area contributed by atoms with Crippen LogP contribution in [0.25, 0.3) is 0 Å². The Morgan fingerprint density at radius 1 is 1.29 bits per heavy atom. The van der Waals surface area contributed by atoms with Gasteiger partial charge in [-0.05, 0) is 33.4 Å². The van der Waals surface area contributed by atoms with Gasteiger partial charge in [0.15, 0.2) is 0 Å². The van der Waals surface area contributed by atoms with Crippen LogP contribution >= 0.6 is 0 Å². The Kier molecular flexibility index (Phi) is 5.08.